The van der Waals surface area contributed by atoms with Crippen molar-refractivity contribution in [2.24, 2.45) is 7.05 Å². The molecule has 3 aromatic heterocycles. The van der Waals surface area contributed by atoms with Crippen LogP contribution in [-0.2, 0) is 7.05 Å². The molecular formula is C27H22N4O3. The number of hydrogen-bond acceptors (Lipinski definition) is 5. The van der Waals surface area contributed by atoms with Crippen molar-refractivity contribution in [2.75, 3.05) is 0 Å². The second kappa shape index (κ2) is 8.44. The van der Waals surface area contributed by atoms with Crippen molar-refractivity contribution in [1.82, 2.24) is 19.6 Å². The first-order chi connectivity index (χ1) is 16.4. The highest BCUT2D eigenvalue weighted by atomic mass is 16.4. The van der Waals surface area contributed by atoms with E-state index in [0.717, 1.165) is 16.8 Å². The van der Waals surface area contributed by atoms with Crippen LogP contribution in [0.25, 0.3) is 34.0 Å². The molecule has 0 saturated heterocycles. The molecule has 34 heavy (non-hydrogen) atoms. The molecule has 168 valence electrons. The average Bonchev–Trinajstić information content (AvgIpc) is 3.37. The van der Waals surface area contributed by atoms with Crippen LogP contribution >= 0.6 is 0 Å². The molecule has 2 aromatic carbocycles. The number of aryl methyl sites for hydroxylation is 2. The van der Waals surface area contributed by atoms with Gasteiger partial charge in [0.2, 0.25) is 0 Å². The third kappa shape index (κ3) is 3.77. The summed E-state index contributed by atoms with van der Waals surface area (Å²) in [5.41, 5.74) is 4.28. The molecule has 7 heteroatoms. The normalized spacial score (nSPS) is 11.5. The van der Waals surface area contributed by atoms with Gasteiger partial charge in [0.05, 0.1) is 22.5 Å². The number of allylic oxidation sites excluding steroid dienone is 1. The molecule has 0 saturated carbocycles. The summed E-state index contributed by atoms with van der Waals surface area (Å²) >= 11 is 0. The second-order valence-corrected chi connectivity index (χ2v) is 8.07. The molecule has 0 aliphatic rings. The Hall–Kier alpha value is -4.52. The van der Waals surface area contributed by atoms with Gasteiger partial charge in [-0.3, -0.25) is 9.48 Å². The molecule has 5 aromatic rings. The Morgan fingerprint density at radius 1 is 1.00 bits per heavy atom. The molecule has 0 amide bonds. The van der Waals surface area contributed by atoms with Gasteiger partial charge >= 0.3 is 5.63 Å². The van der Waals surface area contributed by atoms with Gasteiger partial charge in [-0.05, 0) is 50.3 Å². The van der Waals surface area contributed by atoms with E-state index in [4.69, 9.17) is 4.42 Å². The van der Waals surface area contributed by atoms with Gasteiger partial charge in [0.1, 0.15) is 11.3 Å². The lowest BCUT2D eigenvalue weighted by atomic mass is 10.1. The van der Waals surface area contributed by atoms with E-state index < -0.39 is 5.63 Å². The van der Waals surface area contributed by atoms with E-state index in [-0.39, 0.29) is 5.78 Å². The molecule has 0 bridgehead atoms. The van der Waals surface area contributed by atoms with E-state index in [1.165, 1.54) is 6.08 Å². The van der Waals surface area contributed by atoms with Crippen LogP contribution in [-0.4, -0.2) is 25.3 Å². The number of carbonyl (C=O) groups is 1. The summed E-state index contributed by atoms with van der Waals surface area (Å²) in [7, 11) is 1.81. The Labute approximate surface area is 195 Å². The van der Waals surface area contributed by atoms with Crippen molar-refractivity contribution in [2.45, 2.75) is 13.8 Å². The van der Waals surface area contributed by atoms with Gasteiger partial charge in [0, 0.05) is 29.9 Å². The number of carbonyl (C=O) groups excluding carboxylic acids is 1. The van der Waals surface area contributed by atoms with Crippen LogP contribution in [0.15, 0.2) is 82.1 Å². The summed E-state index contributed by atoms with van der Waals surface area (Å²) in [6, 6.07) is 18.7. The molecule has 0 spiro atoms. The van der Waals surface area contributed by atoms with E-state index in [1.807, 2.05) is 69.4 Å². The number of hydrogen-bond donors (Lipinski definition) is 0. The topological polar surface area (TPSA) is 82.9 Å². The Balaban J connectivity index is 1.64. The first-order valence-corrected chi connectivity index (χ1v) is 10.8. The fraction of sp³-hybridized carbons (Fsp3) is 0.111. The number of ketones is 1. The van der Waals surface area contributed by atoms with Crippen molar-refractivity contribution in [3.05, 3.63) is 106 Å². The van der Waals surface area contributed by atoms with Gasteiger partial charge in [-0.1, -0.05) is 36.4 Å². The number of nitrogens with zero attached hydrogens (tertiary/aromatic N) is 4. The molecule has 3 heterocycles. The molecular weight excluding hydrogens is 428 g/mol. The minimum atomic E-state index is -0.489. The molecule has 0 N–H and O–H groups in total. The van der Waals surface area contributed by atoms with Crippen molar-refractivity contribution >= 4 is 22.8 Å². The Morgan fingerprint density at radius 3 is 2.47 bits per heavy atom. The van der Waals surface area contributed by atoms with Crippen LogP contribution in [0.2, 0.25) is 0 Å². The zero-order chi connectivity index (χ0) is 23.8. The highest BCUT2D eigenvalue weighted by molar-refractivity contribution is 6.08. The lowest BCUT2D eigenvalue weighted by Crippen LogP contribution is -2.04. The summed E-state index contributed by atoms with van der Waals surface area (Å²) < 4.78 is 8.92. The van der Waals surface area contributed by atoms with Gasteiger partial charge in [-0.2, -0.15) is 10.2 Å². The van der Waals surface area contributed by atoms with E-state index in [9.17, 15) is 9.59 Å². The molecule has 0 unspecified atom stereocenters. The third-order valence-corrected chi connectivity index (χ3v) is 5.83. The van der Waals surface area contributed by atoms with Crippen LogP contribution < -0.4 is 5.63 Å². The predicted molar refractivity (Wildman–Crippen MR) is 131 cm³/mol. The maximum atomic E-state index is 13.0. The third-order valence-electron chi connectivity index (χ3n) is 5.83. The summed E-state index contributed by atoms with van der Waals surface area (Å²) in [4.78, 5) is 25.9. The van der Waals surface area contributed by atoms with Gasteiger partial charge in [0.25, 0.3) is 0 Å². The zero-order valence-electron chi connectivity index (χ0n) is 19.0. The van der Waals surface area contributed by atoms with Gasteiger partial charge in [-0.15, -0.1) is 0 Å². The molecule has 0 aliphatic heterocycles. The summed E-state index contributed by atoms with van der Waals surface area (Å²) in [6.07, 6.45) is 4.98. The van der Waals surface area contributed by atoms with Crippen molar-refractivity contribution < 1.29 is 9.21 Å². The second-order valence-electron chi connectivity index (χ2n) is 8.07. The maximum Gasteiger partial charge on any atom is 0.345 e. The van der Waals surface area contributed by atoms with Crippen LogP contribution in [0.3, 0.4) is 0 Å². The van der Waals surface area contributed by atoms with Crippen LogP contribution in [0, 0.1) is 13.8 Å². The summed E-state index contributed by atoms with van der Waals surface area (Å²) in [6.45, 7) is 3.67. The summed E-state index contributed by atoms with van der Waals surface area (Å²) in [5, 5.41) is 9.80. The Morgan fingerprint density at radius 2 is 1.74 bits per heavy atom. The van der Waals surface area contributed by atoms with Crippen LogP contribution in [0.1, 0.15) is 27.3 Å². The lowest BCUT2D eigenvalue weighted by molar-refractivity contribution is 0.104. The van der Waals surface area contributed by atoms with E-state index in [0.29, 0.717) is 33.7 Å². The number of benzene rings is 2. The molecule has 0 aliphatic carbocycles. The first kappa shape index (κ1) is 21.3. The fourth-order valence-electron chi connectivity index (χ4n) is 4.04. The highest BCUT2D eigenvalue weighted by Crippen LogP contribution is 2.26. The standard InChI is InChI=1S/C27H22N4O3/c1-17-25(18(2)30(3)28-17)23(32)14-13-20-16-31(21-10-5-4-6-11-21)29-26(20)22-15-19-9-7-8-12-24(19)34-27(22)33/h4-16H,1-3H3. The lowest BCUT2D eigenvalue weighted by Gasteiger charge is -2.02. The largest absolute Gasteiger partial charge is 0.422 e. The Kier molecular flexibility index (Phi) is 5.30. The average molecular weight is 450 g/mol. The highest BCUT2D eigenvalue weighted by Gasteiger charge is 2.18. The maximum absolute atomic E-state index is 13.0. The van der Waals surface area contributed by atoms with Crippen LogP contribution in [0.5, 0.6) is 0 Å². The quantitative estimate of drug-likeness (QED) is 0.216. The monoisotopic (exact) mass is 450 g/mol. The van der Waals surface area contributed by atoms with E-state index >= 15 is 0 Å². The van der Waals surface area contributed by atoms with Gasteiger partial charge in [0.15, 0.2) is 5.78 Å². The molecule has 7 nitrogen and oxygen atoms in total. The number of rotatable bonds is 5. The van der Waals surface area contributed by atoms with Crippen molar-refractivity contribution in [3.8, 4) is 16.9 Å². The fourth-order valence-corrected chi connectivity index (χ4v) is 4.04. The predicted octanol–water partition coefficient (Wildman–Crippen LogP) is 4.89. The molecule has 0 fully saturated rings. The minimum Gasteiger partial charge on any atom is -0.422 e. The van der Waals surface area contributed by atoms with Gasteiger partial charge < -0.3 is 4.42 Å². The zero-order valence-corrected chi connectivity index (χ0v) is 19.0. The summed E-state index contributed by atoms with van der Waals surface area (Å²) in [5.74, 6) is -0.160. The van der Waals surface area contributed by atoms with E-state index in [1.54, 1.807) is 33.8 Å². The smallest absolute Gasteiger partial charge is 0.345 e. The molecule has 0 radical (unpaired) electrons. The molecule has 5 rings (SSSR count). The molecule has 0 atom stereocenters. The van der Waals surface area contributed by atoms with Crippen LogP contribution in [0.4, 0.5) is 0 Å². The van der Waals surface area contributed by atoms with Crippen molar-refractivity contribution in [3.63, 3.8) is 0 Å². The van der Waals surface area contributed by atoms with Gasteiger partial charge in [-0.25, -0.2) is 9.48 Å². The number of fused-ring (bicyclic) bond motifs is 1. The number of aromatic nitrogens is 4. The first-order valence-electron chi connectivity index (χ1n) is 10.8. The SMILES string of the molecule is Cc1nn(C)c(C)c1C(=O)C=Cc1cn(-c2ccccc2)nc1-c1cc2ccccc2oc1=O. The van der Waals surface area contributed by atoms with E-state index in [2.05, 4.69) is 10.2 Å². The number of para-hydroxylation sites is 2. The van der Waals surface area contributed by atoms with Crippen molar-refractivity contribution in [1.29, 1.82) is 0 Å². The Bertz CT molecular complexity index is 1620. The minimum absolute atomic E-state index is 0.160.